The third kappa shape index (κ3) is 3.88. The normalized spacial score (nSPS) is 11.8. The number of halogens is 2. The molecule has 1 unspecified atom stereocenters. The van der Waals surface area contributed by atoms with Crippen molar-refractivity contribution in [2.24, 2.45) is 5.73 Å². The lowest BCUT2D eigenvalue weighted by Gasteiger charge is -2.15. The molecule has 22 heavy (non-hydrogen) atoms. The molecular formula is C13H11Cl2N3O3S. The van der Waals surface area contributed by atoms with Crippen molar-refractivity contribution in [2.45, 2.75) is 13.0 Å². The van der Waals surface area contributed by atoms with Crippen LogP contribution in [-0.4, -0.2) is 22.9 Å². The molecule has 2 rings (SSSR count). The molecule has 0 fully saturated rings. The molecule has 1 aromatic heterocycles. The lowest BCUT2D eigenvalue weighted by molar-refractivity contribution is -0.122. The fourth-order valence-corrected chi connectivity index (χ4v) is 2.48. The van der Waals surface area contributed by atoms with Crippen LogP contribution in [0.3, 0.4) is 0 Å². The highest BCUT2D eigenvalue weighted by Gasteiger charge is 2.19. The number of carbonyl (C=O) groups is 2. The molecule has 9 heteroatoms. The Morgan fingerprint density at radius 2 is 2.14 bits per heavy atom. The van der Waals surface area contributed by atoms with Gasteiger partial charge in [0.05, 0.1) is 11.2 Å². The van der Waals surface area contributed by atoms with E-state index in [4.69, 9.17) is 33.7 Å². The van der Waals surface area contributed by atoms with Crippen LogP contribution >= 0.6 is 34.5 Å². The summed E-state index contributed by atoms with van der Waals surface area (Å²) in [6.45, 7) is 1.55. The Balaban J connectivity index is 2.02. The molecule has 0 radical (unpaired) electrons. The predicted molar refractivity (Wildman–Crippen MR) is 85.8 cm³/mol. The summed E-state index contributed by atoms with van der Waals surface area (Å²) in [5, 5.41) is 3.35. The van der Waals surface area contributed by atoms with Gasteiger partial charge in [-0.3, -0.25) is 14.9 Å². The maximum absolute atomic E-state index is 12.0. The number of nitrogens with one attached hydrogen (secondary N) is 1. The number of amides is 2. The number of nitrogens with zero attached hydrogens (tertiary/aromatic N) is 1. The highest BCUT2D eigenvalue weighted by atomic mass is 35.5. The summed E-state index contributed by atoms with van der Waals surface area (Å²) >= 11 is 12.8. The number of hydrogen-bond donors (Lipinski definition) is 2. The zero-order valence-corrected chi connectivity index (χ0v) is 13.6. The molecular weight excluding hydrogens is 349 g/mol. The van der Waals surface area contributed by atoms with Crippen molar-refractivity contribution in [1.82, 2.24) is 4.98 Å². The monoisotopic (exact) mass is 359 g/mol. The van der Waals surface area contributed by atoms with Crippen molar-refractivity contribution in [3.05, 3.63) is 39.3 Å². The lowest BCUT2D eigenvalue weighted by atomic mass is 10.3. The number of primary amides is 1. The first kappa shape index (κ1) is 16.5. The molecule has 1 aromatic carbocycles. The Morgan fingerprint density at radius 3 is 2.77 bits per heavy atom. The number of hydrogen-bond acceptors (Lipinski definition) is 5. The van der Waals surface area contributed by atoms with Crippen molar-refractivity contribution in [2.75, 3.05) is 5.32 Å². The minimum absolute atomic E-state index is 0.231. The summed E-state index contributed by atoms with van der Waals surface area (Å²) in [6, 6.07) is 4.88. The van der Waals surface area contributed by atoms with Crippen LogP contribution < -0.4 is 15.8 Å². The number of thiazole rings is 1. The van der Waals surface area contributed by atoms with Crippen molar-refractivity contribution in [1.29, 1.82) is 0 Å². The summed E-state index contributed by atoms with van der Waals surface area (Å²) < 4.78 is 5.47. The number of anilines is 1. The van der Waals surface area contributed by atoms with Crippen molar-refractivity contribution < 1.29 is 14.3 Å². The number of carbonyl (C=O) groups excluding carboxylic acids is 2. The van der Waals surface area contributed by atoms with Gasteiger partial charge in [0, 0.05) is 0 Å². The first-order chi connectivity index (χ1) is 10.4. The van der Waals surface area contributed by atoms with Crippen molar-refractivity contribution in [3.63, 3.8) is 0 Å². The van der Waals surface area contributed by atoms with Crippen molar-refractivity contribution >= 4 is 51.5 Å². The van der Waals surface area contributed by atoms with Gasteiger partial charge in [-0.25, -0.2) is 4.98 Å². The maximum Gasteiger partial charge on any atom is 0.266 e. The lowest BCUT2D eigenvalue weighted by Crippen LogP contribution is -2.30. The van der Waals surface area contributed by atoms with E-state index >= 15 is 0 Å². The molecule has 1 heterocycles. The number of nitrogens with two attached hydrogens (primary N) is 1. The molecule has 0 saturated carbocycles. The third-order valence-electron chi connectivity index (χ3n) is 2.57. The van der Waals surface area contributed by atoms with E-state index in [1.54, 1.807) is 25.1 Å². The summed E-state index contributed by atoms with van der Waals surface area (Å²) in [4.78, 5) is 27.1. The fourth-order valence-electron chi connectivity index (χ4n) is 1.47. The molecule has 0 spiro atoms. The molecule has 6 nitrogen and oxygen atoms in total. The Labute approximate surface area is 140 Å². The second-order valence-electron chi connectivity index (χ2n) is 4.20. The quantitative estimate of drug-likeness (QED) is 0.857. The molecule has 2 aromatic rings. The third-order valence-corrected chi connectivity index (χ3v) is 4.30. The second kappa shape index (κ2) is 6.95. The average molecular weight is 360 g/mol. The van der Waals surface area contributed by atoms with Gasteiger partial charge in [-0.15, -0.1) is 0 Å². The first-order valence-corrected chi connectivity index (χ1v) is 7.63. The van der Waals surface area contributed by atoms with Crippen LogP contribution in [0, 0.1) is 0 Å². The van der Waals surface area contributed by atoms with Crippen LogP contribution in [-0.2, 0) is 4.79 Å². The van der Waals surface area contributed by atoms with E-state index in [9.17, 15) is 9.59 Å². The van der Waals surface area contributed by atoms with Crippen LogP contribution in [0.2, 0.25) is 10.0 Å². The minimum Gasteiger partial charge on any atom is -0.479 e. The van der Waals surface area contributed by atoms with Crippen LogP contribution in [0.15, 0.2) is 24.4 Å². The Morgan fingerprint density at radius 1 is 1.41 bits per heavy atom. The number of aromatic nitrogens is 1. The number of ether oxygens (including phenoxy) is 1. The molecule has 0 saturated heterocycles. The van der Waals surface area contributed by atoms with Gasteiger partial charge in [0.2, 0.25) is 0 Å². The molecule has 0 aliphatic rings. The maximum atomic E-state index is 12.0. The first-order valence-electron chi connectivity index (χ1n) is 6.05. The molecule has 2 amide bonds. The highest BCUT2D eigenvalue weighted by Crippen LogP contribution is 2.32. The summed E-state index contributed by atoms with van der Waals surface area (Å²) in [5.41, 5.74) is 5.12. The Hall–Kier alpha value is -1.83. The van der Waals surface area contributed by atoms with Gasteiger partial charge >= 0.3 is 0 Å². The van der Waals surface area contributed by atoms with E-state index in [2.05, 4.69) is 10.3 Å². The van der Waals surface area contributed by atoms with E-state index in [-0.39, 0.29) is 15.0 Å². The average Bonchev–Trinajstić information content (AvgIpc) is 2.92. The molecule has 3 N–H and O–H groups in total. The number of benzene rings is 1. The van der Waals surface area contributed by atoms with Gasteiger partial charge in [0.25, 0.3) is 11.8 Å². The van der Waals surface area contributed by atoms with Gasteiger partial charge in [0.15, 0.2) is 11.2 Å². The minimum atomic E-state index is -0.836. The van der Waals surface area contributed by atoms with E-state index in [1.165, 1.54) is 6.20 Å². The van der Waals surface area contributed by atoms with E-state index < -0.39 is 17.9 Å². The Bertz CT molecular complexity index is 720. The van der Waals surface area contributed by atoms with Gasteiger partial charge in [0.1, 0.15) is 15.6 Å². The van der Waals surface area contributed by atoms with E-state index in [0.29, 0.717) is 10.8 Å². The van der Waals surface area contributed by atoms with Crippen LogP contribution in [0.5, 0.6) is 5.75 Å². The second-order valence-corrected chi connectivity index (χ2v) is 6.01. The predicted octanol–water partition coefficient (Wildman–Crippen LogP) is 2.95. The van der Waals surface area contributed by atoms with Gasteiger partial charge < -0.3 is 10.5 Å². The Kier molecular flexibility index (Phi) is 5.23. The molecule has 0 bridgehead atoms. The smallest absolute Gasteiger partial charge is 0.266 e. The molecule has 0 aliphatic carbocycles. The molecule has 1 atom stereocenters. The standard InChI is InChI=1S/C13H11Cl2N3O3S/c1-6(21-8-4-2-3-7(14)10(8)15)12(20)18-13-17-5-9(22-13)11(16)19/h2-6H,1H3,(H2,16,19)(H,17,18,20). The zero-order chi connectivity index (χ0) is 16.3. The highest BCUT2D eigenvalue weighted by molar-refractivity contribution is 7.17. The molecule has 116 valence electrons. The molecule has 0 aliphatic heterocycles. The summed E-state index contributed by atoms with van der Waals surface area (Å²) in [5.74, 6) is -0.747. The van der Waals surface area contributed by atoms with Gasteiger partial charge in [-0.1, -0.05) is 40.6 Å². The van der Waals surface area contributed by atoms with Crippen LogP contribution in [0.4, 0.5) is 5.13 Å². The summed E-state index contributed by atoms with van der Waals surface area (Å²) in [6.07, 6.45) is 0.457. The van der Waals surface area contributed by atoms with Gasteiger partial charge in [-0.05, 0) is 19.1 Å². The zero-order valence-electron chi connectivity index (χ0n) is 11.3. The SMILES string of the molecule is CC(Oc1cccc(Cl)c1Cl)C(=O)Nc1ncc(C(N)=O)s1. The summed E-state index contributed by atoms with van der Waals surface area (Å²) in [7, 11) is 0. The van der Waals surface area contributed by atoms with Crippen LogP contribution in [0.25, 0.3) is 0 Å². The van der Waals surface area contributed by atoms with E-state index in [1.807, 2.05) is 0 Å². The van der Waals surface area contributed by atoms with Crippen LogP contribution in [0.1, 0.15) is 16.6 Å². The van der Waals surface area contributed by atoms with Crippen molar-refractivity contribution in [3.8, 4) is 5.75 Å². The number of rotatable bonds is 5. The fraction of sp³-hybridized carbons (Fsp3) is 0.154. The van der Waals surface area contributed by atoms with E-state index in [0.717, 1.165) is 11.3 Å². The largest absolute Gasteiger partial charge is 0.479 e. The topological polar surface area (TPSA) is 94.3 Å². The van der Waals surface area contributed by atoms with Gasteiger partial charge in [-0.2, -0.15) is 0 Å².